The summed E-state index contributed by atoms with van der Waals surface area (Å²) in [7, 11) is 0. The average Bonchev–Trinajstić information content (AvgIpc) is 2.61. The minimum absolute atomic E-state index is 0.205. The number of hydrogen-bond donors (Lipinski definition) is 3. The van der Waals surface area contributed by atoms with Crippen LogP contribution in [0.15, 0.2) is 30.3 Å². The molecule has 25 heavy (non-hydrogen) atoms. The second-order valence-electron chi connectivity index (χ2n) is 5.99. The molecule has 1 aromatic heterocycles. The molecule has 0 spiro atoms. The van der Waals surface area contributed by atoms with Gasteiger partial charge in [-0.2, -0.15) is 0 Å². The predicted molar refractivity (Wildman–Crippen MR) is 90.7 cm³/mol. The number of anilines is 3. The molecule has 0 unspecified atom stereocenters. The van der Waals surface area contributed by atoms with Gasteiger partial charge in [0.25, 0.3) is 0 Å². The van der Waals surface area contributed by atoms with Crippen LogP contribution in [0, 0.1) is 11.6 Å². The van der Waals surface area contributed by atoms with Crippen molar-refractivity contribution in [2.45, 2.75) is 38.1 Å². The number of nitrogens with zero attached hydrogens (tertiary/aromatic N) is 2. The van der Waals surface area contributed by atoms with Gasteiger partial charge in [0.05, 0.1) is 0 Å². The Morgan fingerprint density at radius 1 is 0.960 bits per heavy atom. The summed E-state index contributed by atoms with van der Waals surface area (Å²) in [4.78, 5) is 11.9. The van der Waals surface area contributed by atoms with E-state index in [9.17, 15) is 13.6 Å². The minimum atomic E-state index is -0.948. The molecule has 1 fully saturated rings. The summed E-state index contributed by atoms with van der Waals surface area (Å²) in [6.45, 7) is 0. The molecule has 2 amide bonds. The zero-order valence-corrected chi connectivity index (χ0v) is 13.6. The fourth-order valence-corrected chi connectivity index (χ4v) is 2.77. The molecule has 0 saturated heterocycles. The van der Waals surface area contributed by atoms with Crippen LogP contribution in [0.3, 0.4) is 0 Å². The molecule has 132 valence electrons. The van der Waals surface area contributed by atoms with E-state index in [-0.39, 0.29) is 12.1 Å². The van der Waals surface area contributed by atoms with Crippen molar-refractivity contribution >= 4 is 23.4 Å². The Bertz CT molecular complexity index is 732. The third-order valence-corrected chi connectivity index (χ3v) is 4.04. The monoisotopic (exact) mass is 347 g/mol. The number of amides is 2. The van der Waals surface area contributed by atoms with Crippen molar-refractivity contribution in [1.82, 2.24) is 15.5 Å². The number of urea groups is 1. The van der Waals surface area contributed by atoms with Gasteiger partial charge in [0, 0.05) is 17.8 Å². The van der Waals surface area contributed by atoms with Gasteiger partial charge in [-0.1, -0.05) is 19.3 Å². The number of hydrogen-bond acceptors (Lipinski definition) is 4. The number of carbonyl (C=O) groups is 1. The van der Waals surface area contributed by atoms with Crippen molar-refractivity contribution < 1.29 is 13.6 Å². The van der Waals surface area contributed by atoms with E-state index in [4.69, 9.17) is 0 Å². The molecular formula is C17H19F2N5O. The fourth-order valence-electron chi connectivity index (χ4n) is 2.77. The molecule has 1 saturated carbocycles. The molecule has 1 aliphatic rings. The van der Waals surface area contributed by atoms with Crippen LogP contribution in [0.4, 0.5) is 30.9 Å². The molecule has 6 nitrogen and oxygen atoms in total. The van der Waals surface area contributed by atoms with Crippen molar-refractivity contribution in [1.29, 1.82) is 0 Å². The van der Waals surface area contributed by atoms with Crippen LogP contribution < -0.4 is 16.0 Å². The van der Waals surface area contributed by atoms with Gasteiger partial charge >= 0.3 is 6.03 Å². The van der Waals surface area contributed by atoms with Crippen molar-refractivity contribution in [2.75, 3.05) is 10.6 Å². The Morgan fingerprint density at radius 2 is 1.68 bits per heavy atom. The van der Waals surface area contributed by atoms with Crippen molar-refractivity contribution in [2.24, 2.45) is 0 Å². The third kappa shape index (κ3) is 4.85. The maximum atomic E-state index is 13.2. The Labute approximate surface area is 144 Å². The zero-order valence-electron chi connectivity index (χ0n) is 13.6. The summed E-state index contributed by atoms with van der Waals surface area (Å²) in [6.07, 6.45) is 5.48. The molecule has 0 atom stereocenters. The van der Waals surface area contributed by atoms with Crippen LogP contribution >= 0.6 is 0 Å². The summed E-state index contributed by atoms with van der Waals surface area (Å²) < 4.78 is 26.1. The lowest BCUT2D eigenvalue weighted by atomic mass is 9.96. The van der Waals surface area contributed by atoms with E-state index in [1.807, 2.05) is 0 Å². The molecule has 3 N–H and O–H groups in total. The lowest BCUT2D eigenvalue weighted by Gasteiger charge is -2.22. The Kier molecular flexibility index (Phi) is 5.37. The van der Waals surface area contributed by atoms with Gasteiger partial charge in [0.15, 0.2) is 23.3 Å². The number of carbonyl (C=O) groups excluding carboxylic acids is 1. The number of halogens is 2. The largest absolute Gasteiger partial charge is 0.339 e. The molecule has 1 aliphatic carbocycles. The minimum Gasteiger partial charge on any atom is -0.339 e. The summed E-state index contributed by atoms with van der Waals surface area (Å²) >= 11 is 0. The first-order chi connectivity index (χ1) is 12.1. The highest BCUT2D eigenvalue weighted by Gasteiger charge is 2.15. The van der Waals surface area contributed by atoms with Crippen LogP contribution in [0.25, 0.3) is 0 Å². The second-order valence-corrected chi connectivity index (χ2v) is 5.99. The van der Waals surface area contributed by atoms with Gasteiger partial charge in [0.1, 0.15) is 0 Å². The van der Waals surface area contributed by atoms with E-state index in [0.717, 1.165) is 37.8 Å². The highest BCUT2D eigenvalue weighted by molar-refractivity contribution is 5.88. The fraction of sp³-hybridized carbons (Fsp3) is 0.353. The molecule has 0 aliphatic heterocycles. The van der Waals surface area contributed by atoms with E-state index in [2.05, 4.69) is 26.1 Å². The van der Waals surface area contributed by atoms with E-state index in [1.165, 1.54) is 12.5 Å². The number of aromatic nitrogens is 2. The summed E-state index contributed by atoms with van der Waals surface area (Å²) in [5.41, 5.74) is 0.351. The summed E-state index contributed by atoms with van der Waals surface area (Å²) in [6, 6.07) is 6.51. The predicted octanol–water partition coefficient (Wildman–Crippen LogP) is 3.95. The third-order valence-electron chi connectivity index (χ3n) is 4.04. The first kappa shape index (κ1) is 17.1. The van der Waals surface area contributed by atoms with E-state index < -0.39 is 11.6 Å². The van der Waals surface area contributed by atoms with Crippen molar-refractivity contribution in [3.63, 3.8) is 0 Å². The molecule has 3 rings (SSSR count). The van der Waals surface area contributed by atoms with Gasteiger partial charge < -0.3 is 10.6 Å². The maximum absolute atomic E-state index is 13.2. The molecule has 8 heteroatoms. The van der Waals surface area contributed by atoms with E-state index >= 15 is 0 Å². The standard InChI is InChI=1S/C17H19F2N5O/c18-13-7-6-12(10-14(13)19)20-15-8-9-16(24-23-15)22-17(25)21-11-4-2-1-3-5-11/h6-11H,1-5H2,(H,20,23)(H2,21,22,24,25). The molecular weight excluding hydrogens is 328 g/mol. The molecule has 0 bridgehead atoms. The first-order valence-corrected chi connectivity index (χ1v) is 8.23. The van der Waals surface area contributed by atoms with E-state index in [1.54, 1.807) is 12.1 Å². The lowest BCUT2D eigenvalue weighted by molar-refractivity contribution is 0.244. The smallest absolute Gasteiger partial charge is 0.320 e. The summed E-state index contributed by atoms with van der Waals surface area (Å²) in [5.74, 6) is -1.20. The molecule has 1 heterocycles. The van der Waals surface area contributed by atoms with Crippen LogP contribution in [0.1, 0.15) is 32.1 Å². The van der Waals surface area contributed by atoms with Crippen LogP contribution in [0.2, 0.25) is 0 Å². The van der Waals surface area contributed by atoms with Gasteiger partial charge in [-0.15, -0.1) is 10.2 Å². The zero-order chi connectivity index (χ0) is 17.6. The van der Waals surface area contributed by atoms with Crippen LogP contribution in [-0.2, 0) is 0 Å². The highest BCUT2D eigenvalue weighted by Crippen LogP contribution is 2.19. The maximum Gasteiger partial charge on any atom is 0.320 e. The summed E-state index contributed by atoms with van der Waals surface area (Å²) in [5, 5.41) is 16.2. The van der Waals surface area contributed by atoms with Crippen molar-refractivity contribution in [3.05, 3.63) is 42.0 Å². The van der Waals surface area contributed by atoms with Crippen molar-refractivity contribution in [3.8, 4) is 0 Å². The van der Waals surface area contributed by atoms with Gasteiger partial charge in [-0.3, -0.25) is 5.32 Å². The normalized spacial score (nSPS) is 14.8. The Balaban J connectivity index is 1.54. The first-order valence-electron chi connectivity index (χ1n) is 8.23. The second kappa shape index (κ2) is 7.87. The average molecular weight is 347 g/mol. The van der Waals surface area contributed by atoms with E-state index in [0.29, 0.717) is 17.3 Å². The molecule has 0 radical (unpaired) electrons. The molecule has 1 aromatic carbocycles. The molecule has 2 aromatic rings. The van der Waals surface area contributed by atoms with Crippen LogP contribution in [0.5, 0.6) is 0 Å². The SMILES string of the molecule is O=C(Nc1ccc(Nc2ccc(F)c(F)c2)nn1)NC1CCCCC1. The number of nitrogens with one attached hydrogen (secondary N) is 3. The number of rotatable bonds is 4. The van der Waals surface area contributed by atoms with Gasteiger partial charge in [-0.25, -0.2) is 13.6 Å². The quantitative estimate of drug-likeness (QED) is 0.782. The Morgan fingerprint density at radius 3 is 2.36 bits per heavy atom. The highest BCUT2D eigenvalue weighted by atomic mass is 19.2. The van der Waals surface area contributed by atoms with Crippen LogP contribution in [-0.4, -0.2) is 22.3 Å². The van der Waals surface area contributed by atoms with Gasteiger partial charge in [0.2, 0.25) is 0 Å². The van der Waals surface area contributed by atoms with Gasteiger partial charge in [-0.05, 0) is 37.1 Å². The number of benzene rings is 1. The topological polar surface area (TPSA) is 78.9 Å². The Hall–Kier alpha value is -2.77. The lowest BCUT2D eigenvalue weighted by Crippen LogP contribution is -2.39.